The van der Waals surface area contributed by atoms with Crippen molar-refractivity contribution >= 4 is 22.9 Å². The normalized spacial score (nSPS) is 21.6. The molecule has 1 unspecified atom stereocenters. The summed E-state index contributed by atoms with van der Waals surface area (Å²) in [6.07, 6.45) is 3.39. The minimum atomic E-state index is -0.121. The summed E-state index contributed by atoms with van der Waals surface area (Å²) in [6, 6.07) is 0.112. The maximum absolute atomic E-state index is 9.21. The average Bonchev–Trinajstić information content (AvgIpc) is 3.12. The molecule has 120 valence electrons. The summed E-state index contributed by atoms with van der Waals surface area (Å²) in [5.41, 5.74) is 7.35. The minimum Gasteiger partial charge on any atom is -0.394 e. The summed E-state index contributed by atoms with van der Waals surface area (Å²) >= 11 is 0. The van der Waals surface area contributed by atoms with Crippen molar-refractivity contribution in [1.29, 1.82) is 0 Å². The van der Waals surface area contributed by atoms with Gasteiger partial charge in [0.2, 0.25) is 5.95 Å². The first-order valence-corrected chi connectivity index (χ1v) is 7.57. The smallest absolute Gasteiger partial charge is 0.224 e. The zero-order valence-corrected chi connectivity index (χ0v) is 12.9. The maximum Gasteiger partial charge on any atom is 0.224 e. The second-order valence-corrected chi connectivity index (χ2v) is 5.68. The molecule has 8 heteroatoms. The van der Waals surface area contributed by atoms with E-state index in [2.05, 4.69) is 21.9 Å². The molecule has 2 atom stereocenters. The van der Waals surface area contributed by atoms with Crippen molar-refractivity contribution in [2.75, 3.05) is 37.4 Å². The Balaban J connectivity index is 2.00. The van der Waals surface area contributed by atoms with Gasteiger partial charge in [-0.15, -0.1) is 0 Å². The molecule has 3 rings (SSSR count). The lowest BCUT2D eigenvalue weighted by molar-refractivity contribution is 0.0576. The van der Waals surface area contributed by atoms with Gasteiger partial charge in [-0.1, -0.05) is 6.92 Å². The summed E-state index contributed by atoms with van der Waals surface area (Å²) in [5.74, 6) is 0.991. The second-order valence-electron chi connectivity index (χ2n) is 5.68. The number of imidazole rings is 1. The quantitative estimate of drug-likeness (QED) is 0.832. The van der Waals surface area contributed by atoms with E-state index in [1.54, 1.807) is 6.33 Å². The Morgan fingerprint density at radius 1 is 1.50 bits per heavy atom. The number of rotatable bonds is 5. The summed E-state index contributed by atoms with van der Waals surface area (Å²) in [6.45, 7) is 3.56. The fourth-order valence-electron chi connectivity index (χ4n) is 2.90. The zero-order chi connectivity index (χ0) is 15.7. The van der Waals surface area contributed by atoms with Crippen molar-refractivity contribution in [3.8, 4) is 0 Å². The molecule has 8 nitrogen and oxygen atoms in total. The van der Waals surface area contributed by atoms with Crippen LogP contribution < -0.4 is 10.6 Å². The fraction of sp³-hybridized carbons (Fsp3) is 0.643. The third kappa shape index (κ3) is 2.59. The molecule has 2 aromatic heterocycles. The van der Waals surface area contributed by atoms with Gasteiger partial charge in [0, 0.05) is 13.6 Å². The van der Waals surface area contributed by atoms with Crippen molar-refractivity contribution in [1.82, 2.24) is 19.5 Å². The predicted octanol–water partition coefficient (Wildman–Crippen LogP) is 0.577. The Labute approximate surface area is 128 Å². The lowest BCUT2D eigenvalue weighted by Crippen LogP contribution is -2.20. The third-order valence-electron chi connectivity index (χ3n) is 4.00. The number of fused-ring (bicyclic) bond motifs is 1. The van der Waals surface area contributed by atoms with E-state index in [0.29, 0.717) is 6.61 Å². The molecule has 1 fully saturated rings. The van der Waals surface area contributed by atoms with Gasteiger partial charge in [-0.25, -0.2) is 4.98 Å². The van der Waals surface area contributed by atoms with Gasteiger partial charge in [-0.2, -0.15) is 9.97 Å². The number of aromatic nitrogens is 4. The van der Waals surface area contributed by atoms with Gasteiger partial charge in [-0.05, 0) is 12.8 Å². The number of nitrogens with two attached hydrogens (primary N) is 1. The van der Waals surface area contributed by atoms with Crippen LogP contribution in [0.2, 0.25) is 0 Å². The van der Waals surface area contributed by atoms with E-state index in [0.717, 1.165) is 36.4 Å². The van der Waals surface area contributed by atoms with E-state index < -0.39 is 0 Å². The van der Waals surface area contributed by atoms with E-state index in [1.807, 2.05) is 16.5 Å². The first-order chi connectivity index (χ1) is 10.6. The number of ether oxygens (including phenoxy) is 1. The van der Waals surface area contributed by atoms with Crippen molar-refractivity contribution in [3.05, 3.63) is 6.33 Å². The number of anilines is 2. The van der Waals surface area contributed by atoms with Crippen LogP contribution in [0.5, 0.6) is 0 Å². The molecule has 0 saturated carbocycles. The molecular formula is C14H22N6O2. The third-order valence-corrected chi connectivity index (χ3v) is 4.00. The Morgan fingerprint density at radius 3 is 3.00 bits per heavy atom. The minimum absolute atomic E-state index is 0.0325. The Morgan fingerprint density at radius 2 is 2.32 bits per heavy atom. The topological polar surface area (TPSA) is 102 Å². The zero-order valence-electron chi connectivity index (χ0n) is 12.9. The highest BCUT2D eigenvalue weighted by atomic mass is 16.5. The molecule has 0 spiro atoms. The first kappa shape index (κ1) is 15.0. The summed E-state index contributed by atoms with van der Waals surface area (Å²) in [5, 5.41) is 9.21. The number of aliphatic hydroxyl groups is 1. The van der Waals surface area contributed by atoms with Crippen LogP contribution in [-0.2, 0) is 4.74 Å². The molecular weight excluding hydrogens is 284 g/mol. The largest absolute Gasteiger partial charge is 0.394 e. The van der Waals surface area contributed by atoms with Crippen molar-refractivity contribution in [2.24, 2.45) is 0 Å². The molecule has 1 aliphatic rings. The molecule has 0 aromatic carbocycles. The highest BCUT2D eigenvalue weighted by Crippen LogP contribution is 2.30. The molecule has 2 aromatic rings. The summed E-state index contributed by atoms with van der Waals surface area (Å²) in [4.78, 5) is 15.2. The number of aliphatic hydroxyl groups excluding tert-OH is 1. The monoisotopic (exact) mass is 306 g/mol. The van der Waals surface area contributed by atoms with Crippen LogP contribution in [0.15, 0.2) is 6.33 Å². The van der Waals surface area contributed by atoms with E-state index in [9.17, 15) is 5.11 Å². The lowest BCUT2D eigenvalue weighted by atomic mass is 10.2. The highest BCUT2D eigenvalue weighted by molar-refractivity contribution is 5.84. The molecule has 0 aliphatic carbocycles. The number of hydrogen-bond donors (Lipinski definition) is 2. The van der Waals surface area contributed by atoms with E-state index >= 15 is 0 Å². The molecule has 1 saturated heterocycles. The Bertz CT molecular complexity index is 658. The Kier molecular flexibility index (Phi) is 4.12. The molecule has 0 radical (unpaired) electrons. The SMILES string of the molecule is CCCN(C)c1nc(N)nc2c1ncn2[C@H]1COC(CO)C1. The van der Waals surface area contributed by atoms with Crippen molar-refractivity contribution in [3.63, 3.8) is 0 Å². The van der Waals surface area contributed by atoms with E-state index in [4.69, 9.17) is 10.5 Å². The molecule has 22 heavy (non-hydrogen) atoms. The van der Waals surface area contributed by atoms with Gasteiger partial charge in [0.1, 0.15) is 0 Å². The van der Waals surface area contributed by atoms with Gasteiger partial charge in [0.15, 0.2) is 17.0 Å². The molecule has 3 N–H and O–H groups in total. The molecule has 3 heterocycles. The van der Waals surface area contributed by atoms with E-state index in [-0.39, 0.29) is 24.7 Å². The number of nitrogen functional groups attached to an aromatic ring is 1. The molecule has 0 bridgehead atoms. The number of hydrogen-bond acceptors (Lipinski definition) is 7. The van der Waals surface area contributed by atoms with Crippen molar-refractivity contribution < 1.29 is 9.84 Å². The van der Waals surface area contributed by atoms with Crippen LogP contribution in [0.3, 0.4) is 0 Å². The van der Waals surface area contributed by atoms with Crippen LogP contribution in [0.1, 0.15) is 25.8 Å². The molecule has 0 amide bonds. The summed E-state index contributed by atoms with van der Waals surface area (Å²) < 4.78 is 7.53. The fourth-order valence-corrected chi connectivity index (χ4v) is 2.90. The molecule has 1 aliphatic heterocycles. The van der Waals surface area contributed by atoms with Crippen molar-refractivity contribution in [2.45, 2.75) is 31.9 Å². The second kappa shape index (κ2) is 6.05. The Hall–Kier alpha value is -1.93. The van der Waals surface area contributed by atoms with Crippen LogP contribution in [0.25, 0.3) is 11.2 Å². The van der Waals surface area contributed by atoms with Gasteiger partial charge in [-0.3, -0.25) is 0 Å². The van der Waals surface area contributed by atoms with Crippen LogP contribution in [0.4, 0.5) is 11.8 Å². The van der Waals surface area contributed by atoms with Crippen LogP contribution in [0, 0.1) is 0 Å². The maximum atomic E-state index is 9.21. The highest BCUT2D eigenvalue weighted by Gasteiger charge is 2.28. The first-order valence-electron chi connectivity index (χ1n) is 7.57. The van der Waals surface area contributed by atoms with Crippen LogP contribution in [-0.4, -0.2) is 57.5 Å². The number of nitrogens with zero attached hydrogens (tertiary/aromatic N) is 5. The summed E-state index contributed by atoms with van der Waals surface area (Å²) in [7, 11) is 1.98. The van der Waals surface area contributed by atoms with Gasteiger partial charge in [0.25, 0.3) is 0 Å². The van der Waals surface area contributed by atoms with Gasteiger partial charge < -0.3 is 25.0 Å². The van der Waals surface area contributed by atoms with Gasteiger partial charge >= 0.3 is 0 Å². The lowest BCUT2D eigenvalue weighted by Gasteiger charge is -2.18. The average molecular weight is 306 g/mol. The predicted molar refractivity (Wildman–Crippen MR) is 83.8 cm³/mol. The van der Waals surface area contributed by atoms with E-state index in [1.165, 1.54) is 0 Å². The standard InChI is InChI=1S/C14H22N6O2/c1-3-4-19(2)12-11-13(18-14(15)17-12)20(8-16-11)9-5-10(6-21)22-7-9/h8-10,21H,3-7H2,1-2H3,(H2,15,17,18)/t9-,10?/m1/s1. The van der Waals surface area contributed by atoms with Crippen LogP contribution >= 0.6 is 0 Å². The van der Waals surface area contributed by atoms with Gasteiger partial charge in [0.05, 0.1) is 31.7 Å².